The minimum Gasteiger partial charge on any atom is -0.444 e. The molecule has 0 spiro atoms. The lowest BCUT2D eigenvalue weighted by Gasteiger charge is -2.37. The maximum Gasteiger partial charge on any atom is 0.410 e. The van der Waals surface area contributed by atoms with Gasteiger partial charge in [0.2, 0.25) is 0 Å². The Morgan fingerprint density at radius 3 is 2.33 bits per heavy atom. The van der Waals surface area contributed by atoms with Gasteiger partial charge >= 0.3 is 6.09 Å². The Kier molecular flexibility index (Phi) is 5.19. The van der Waals surface area contributed by atoms with Crippen LogP contribution in [0.1, 0.15) is 44.0 Å². The SMILES string of the molecule is CC(C)(C)OC(=O)N1CCC(C#N)(C(=O)c2ccccc2Cl)CC1. The summed E-state index contributed by atoms with van der Waals surface area (Å²) >= 11 is 6.09. The molecule has 0 aromatic heterocycles. The molecule has 1 aliphatic heterocycles. The predicted molar refractivity (Wildman–Crippen MR) is 90.9 cm³/mol. The van der Waals surface area contributed by atoms with E-state index in [2.05, 4.69) is 6.07 Å². The van der Waals surface area contributed by atoms with Crippen molar-refractivity contribution in [3.05, 3.63) is 34.9 Å². The van der Waals surface area contributed by atoms with Crippen LogP contribution in [0.5, 0.6) is 0 Å². The third-order valence-corrected chi connectivity index (χ3v) is 4.37. The molecule has 0 N–H and O–H groups in total. The maximum atomic E-state index is 12.8. The van der Waals surface area contributed by atoms with E-state index in [1.165, 1.54) is 0 Å². The fraction of sp³-hybridized carbons (Fsp3) is 0.500. The van der Waals surface area contributed by atoms with E-state index in [0.29, 0.717) is 23.7 Å². The summed E-state index contributed by atoms with van der Waals surface area (Å²) in [4.78, 5) is 26.5. The molecule has 0 bridgehead atoms. The van der Waals surface area contributed by atoms with Crippen molar-refractivity contribution in [2.45, 2.75) is 39.2 Å². The van der Waals surface area contributed by atoms with Gasteiger partial charge in [0, 0.05) is 18.7 Å². The minimum absolute atomic E-state index is 0.271. The molecule has 24 heavy (non-hydrogen) atoms. The van der Waals surface area contributed by atoms with Crippen LogP contribution in [0.4, 0.5) is 4.79 Å². The maximum absolute atomic E-state index is 12.8. The highest BCUT2D eigenvalue weighted by molar-refractivity contribution is 6.34. The minimum atomic E-state index is -1.15. The third-order valence-electron chi connectivity index (χ3n) is 4.04. The number of nitrogens with zero attached hydrogens (tertiary/aromatic N) is 2. The van der Waals surface area contributed by atoms with Crippen molar-refractivity contribution in [3.63, 3.8) is 0 Å². The summed E-state index contributed by atoms with van der Waals surface area (Å²) < 4.78 is 5.34. The fourth-order valence-electron chi connectivity index (χ4n) is 2.69. The Labute approximate surface area is 147 Å². The second-order valence-corrected chi connectivity index (χ2v) is 7.38. The predicted octanol–water partition coefficient (Wildman–Crippen LogP) is 4.06. The van der Waals surface area contributed by atoms with E-state index < -0.39 is 17.1 Å². The van der Waals surface area contributed by atoms with Gasteiger partial charge in [-0.1, -0.05) is 23.7 Å². The van der Waals surface area contributed by atoms with E-state index in [4.69, 9.17) is 16.3 Å². The van der Waals surface area contributed by atoms with E-state index in [1.807, 2.05) is 0 Å². The Morgan fingerprint density at radius 1 is 1.25 bits per heavy atom. The first-order valence-corrected chi connectivity index (χ1v) is 8.25. The lowest BCUT2D eigenvalue weighted by Crippen LogP contribution is -2.47. The van der Waals surface area contributed by atoms with Crippen LogP contribution >= 0.6 is 11.6 Å². The number of benzene rings is 1. The van der Waals surface area contributed by atoms with Crippen LogP contribution in [0.15, 0.2) is 24.3 Å². The van der Waals surface area contributed by atoms with E-state index >= 15 is 0 Å². The summed E-state index contributed by atoms with van der Waals surface area (Å²) in [7, 11) is 0. The molecular formula is C18H21ClN2O3. The summed E-state index contributed by atoms with van der Waals surface area (Å²) in [6, 6.07) is 8.89. The number of hydrogen-bond donors (Lipinski definition) is 0. The van der Waals surface area contributed by atoms with Gasteiger partial charge in [-0.15, -0.1) is 0 Å². The Bertz CT molecular complexity index is 680. The van der Waals surface area contributed by atoms with Gasteiger partial charge in [0.25, 0.3) is 0 Å². The average molecular weight is 349 g/mol. The number of piperidine rings is 1. The van der Waals surface area contributed by atoms with Crippen molar-refractivity contribution in [2.24, 2.45) is 5.41 Å². The molecule has 128 valence electrons. The molecule has 0 atom stereocenters. The van der Waals surface area contributed by atoms with Crippen LogP contribution in [0.3, 0.4) is 0 Å². The number of carbonyl (C=O) groups is 2. The molecule has 1 saturated heterocycles. The van der Waals surface area contributed by atoms with Gasteiger partial charge < -0.3 is 9.64 Å². The fourth-order valence-corrected chi connectivity index (χ4v) is 2.91. The highest BCUT2D eigenvalue weighted by Gasteiger charge is 2.44. The summed E-state index contributed by atoms with van der Waals surface area (Å²) in [5.41, 5.74) is -1.37. The number of amides is 1. The van der Waals surface area contributed by atoms with Crippen molar-refractivity contribution >= 4 is 23.5 Å². The number of likely N-dealkylation sites (tertiary alicyclic amines) is 1. The normalized spacial score (nSPS) is 17.0. The largest absolute Gasteiger partial charge is 0.444 e. The molecule has 1 fully saturated rings. The van der Waals surface area contributed by atoms with Gasteiger partial charge in [0.1, 0.15) is 11.0 Å². The average Bonchev–Trinajstić information content (AvgIpc) is 2.53. The van der Waals surface area contributed by atoms with Crippen LogP contribution in [-0.4, -0.2) is 35.5 Å². The second kappa shape index (κ2) is 6.82. The van der Waals surface area contributed by atoms with Crippen LogP contribution in [0.25, 0.3) is 0 Å². The molecule has 1 aromatic rings. The van der Waals surface area contributed by atoms with Crippen molar-refractivity contribution in [3.8, 4) is 6.07 Å². The molecule has 0 radical (unpaired) electrons. The number of carbonyl (C=O) groups excluding carboxylic acids is 2. The van der Waals surface area contributed by atoms with E-state index in [1.54, 1.807) is 49.9 Å². The van der Waals surface area contributed by atoms with Crippen molar-refractivity contribution in [1.29, 1.82) is 5.26 Å². The Morgan fingerprint density at radius 2 is 1.83 bits per heavy atom. The summed E-state index contributed by atoms with van der Waals surface area (Å²) in [6.07, 6.45) is 0.124. The molecule has 2 rings (SSSR count). The molecule has 1 amide bonds. The smallest absolute Gasteiger partial charge is 0.410 e. The second-order valence-electron chi connectivity index (χ2n) is 6.97. The number of hydrogen-bond acceptors (Lipinski definition) is 4. The first-order valence-electron chi connectivity index (χ1n) is 7.87. The highest BCUT2D eigenvalue weighted by Crippen LogP contribution is 2.36. The monoisotopic (exact) mass is 348 g/mol. The molecule has 0 saturated carbocycles. The van der Waals surface area contributed by atoms with Crippen LogP contribution in [0, 0.1) is 16.7 Å². The molecule has 1 heterocycles. The van der Waals surface area contributed by atoms with Gasteiger partial charge in [0.05, 0.1) is 11.1 Å². The summed E-state index contributed by atoms with van der Waals surface area (Å²) in [6.45, 7) is 6.01. The molecule has 6 heteroatoms. The van der Waals surface area contributed by atoms with Crippen molar-refractivity contribution in [2.75, 3.05) is 13.1 Å². The summed E-state index contributed by atoms with van der Waals surface area (Å²) in [5.74, 6) is -0.278. The lowest BCUT2D eigenvalue weighted by atomic mass is 9.74. The number of rotatable bonds is 2. The van der Waals surface area contributed by atoms with Gasteiger partial charge in [0.15, 0.2) is 5.78 Å². The Hall–Kier alpha value is -2.06. The van der Waals surface area contributed by atoms with Gasteiger partial charge in [-0.2, -0.15) is 5.26 Å². The zero-order valence-corrected chi connectivity index (χ0v) is 14.9. The number of Topliss-reactive ketones (excluding diaryl/α,β-unsaturated/α-hetero) is 1. The standard InChI is InChI=1S/C18H21ClN2O3/c1-17(2,3)24-16(23)21-10-8-18(12-20,9-11-21)15(22)13-6-4-5-7-14(13)19/h4-7H,8-11H2,1-3H3. The zero-order chi connectivity index (χ0) is 18.0. The number of ether oxygens (including phenoxy) is 1. The number of nitriles is 1. The van der Waals surface area contributed by atoms with Gasteiger partial charge in [-0.3, -0.25) is 4.79 Å². The highest BCUT2D eigenvalue weighted by atomic mass is 35.5. The molecular weight excluding hydrogens is 328 g/mol. The molecule has 1 aliphatic rings. The Balaban J connectivity index is 2.12. The van der Waals surface area contributed by atoms with Gasteiger partial charge in [-0.05, 0) is 45.7 Å². The lowest BCUT2D eigenvalue weighted by molar-refractivity contribution is 0.0148. The van der Waals surface area contributed by atoms with Crippen LogP contribution in [-0.2, 0) is 4.74 Å². The quantitative estimate of drug-likeness (QED) is 0.755. The number of halogens is 1. The molecule has 5 nitrogen and oxygen atoms in total. The molecule has 1 aromatic carbocycles. The molecule has 0 unspecified atom stereocenters. The number of ketones is 1. The van der Waals surface area contributed by atoms with Gasteiger partial charge in [-0.25, -0.2) is 4.79 Å². The third kappa shape index (κ3) is 3.88. The first-order chi connectivity index (χ1) is 11.2. The van der Waals surface area contributed by atoms with E-state index in [-0.39, 0.29) is 18.6 Å². The van der Waals surface area contributed by atoms with E-state index in [9.17, 15) is 14.9 Å². The zero-order valence-electron chi connectivity index (χ0n) is 14.1. The first kappa shape index (κ1) is 18.3. The van der Waals surface area contributed by atoms with Crippen LogP contribution in [0.2, 0.25) is 5.02 Å². The van der Waals surface area contributed by atoms with Crippen molar-refractivity contribution < 1.29 is 14.3 Å². The summed E-state index contributed by atoms with van der Waals surface area (Å²) in [5, 5.41) is 9.97. The van der Waals surface area contributed by atoms with Crippen molar-refractivity contribution in [1.82, 2.24) is 4.90 Å². The van der Waals surface area contributed by atoms with E-state index in [0.717, 1.165) is 0 Å². The topological polar surface area (TPSA) is 70.4 Å². The van der Waals surface area contributed by atoms with Crippen LogP contribution < -0.4 is 0 Å². The molecule has 0 aliphatic carbocycles.